The van der Waals surface area contributed by atoms with E-state index in [9.17, 15) is 18.0 Å². The molecule has 38 heavy (non-hydrogen) atoms. The van der Waals surface area contributed by atoms with Gasteiger partial charge in [-0.15, -0.1) is 0 Å². The van der Waals surface area contributed by atoms with Gasteiger partial charge in [0, 0.05) is 24.2 Å². The number of anilines is 1. The van der Waals surface area contributed by atoms with Crippen molar-refractivity contribution in [3.63, 3.8) is 0 Å². The van der Waals surface area contributed by atoms with E-state index in [1.54, 1.807) is 6.92 Å². The van der Waals surface area contributed by atoms with Crippen molar-refractivity contribution in [3.05, 3.63) is 100 Å². The normalized spacial score (nSPS) is 13.5. The van der Waals surface area contributed by atoms with Crippen LogP contribution in [0.1, 0.15) is 38.1 Å². The molecule has 1 N–H and O–H groups in total. The zero-order valence-corrected chi connectivity index (χ0v) is 22.2. The molecule has 5 rings (SSSR count). The van der Waals surface area contributed by atoms with Crippen LogP contribution >= 0.6 is 11.3 Å². The maximum Gasteiger partial charge on any atom is 0.350 e. The smallest absolute Gasteiger partial charge is 0.350 e. The van der Waals surface area contributed by atoms with Crippen molar-refractivity contribution in [3.8, 4) is 11.3 Å². The second-order valence-electron chi connectivity index (χ2n) is 8.62. The van der Waals surface area contributed by atoms with Gasteiger partial charge in [-0.1, -0.05) is 65.9 Å². The van der Waals surface area contributed by atoms with Crippen molar-refractivity contribution in [2.45, 2.75) is 24.8 Å². The molecule has 8 nitrogen and oxygen atoms in total. The Balaban J connectivity index is 1.33. The molecule has 0 fully saturated rings. The van der Waals surface area contributed by atoms with Crippen LogP contribution in [0.2, 0.25) is 0 Å². The van der Waals surface area contributed by atoms with E-state index in [-0.39, 0.29) is 27.1 Å². The summed E-state index contributed by atoms with van der Waals surface area (Å²) < 4.78 is 33.1. The Hall–Kier alpha value is -3.86. The lowest BCUT2D eigenvalue weighted by Gasteiger charge is -2.28. The Kier molecular flexibility index (Phi) is 7.37. The summed E-state index contributed by atoms with van der Waals surface area (Å²) in [5, 5.41) is 2.96. The van der Waals surface area contributed by atoms with Gasteiger partial charge in [0.15, 0.2) is 5.13 Å². The molecule has 194 valence electrons. The van der Waals surface area contributed by atoms with E-state index in [1.165, 1.54) is 28.6 Å². The summed E-state index contributed by atoms with van der Waals surface area (Å²) in [6.07, 6.45) is 0.655. The number of carbonyl (C=O) groups is 2. The highest BCUT2D eigenvalue weighted by Crippen LogP contribution is 2.32. The molecule has 1 aromatic heterocycles. The van der Waals surface area contributed by atoms with Crippen LogP contribution in [0.4, 0.5) is 5.13 Å². The lowest BCUT2D eigenvalue weighted by Crippen LogP contribution is -2.35. The Morgan fingerprint density at radius 3 is 2.37 bits per heavy atom. The molecule has 1 aliphatic heterocycles. The van der Waals surface area contributed by atoms with Crippen molar-refractivity contribution < 1.29 is 22.7 Å². The second kappa shape index (κ2) is 10.9. The molecule has 3 aromatic carbocycles. The summed E-state index contributed by atoms with van der Waals surface area (Å²) in [7, 11) is -3.71. The first-order valence-electron chi connectivity index (χ1n) is 12.1. The Morgan fingerprint density at radius 1 is 0.974 bits per heavy atom. The number of benzene rings is 3. The molecule has 10 heteroatoms. The van der Waals surface area contributed by atoms with Crippen molar-refractivity contribution in [2.75, 3.05) is 18.5 Å². The van der Waals surface area contributed by atoms with Gasteiger partial charge in [0.1, 0.15) is 4.88 Å². The minimum absolute atomic E-state index is 0.124. The first kappa shape index (κ1) is 25.8. The number of sulfonamides is 1. The van der Waals surface area contributed by atoms with Gasteiger partial charge in [0.2, 0.25) is 10.0 Å². The number of esters is 1. The van der Waals surface area contributed by atoms with Crippen molar-refractivity contribution >= 4 is 38.4 Å². The van der Waals surface area contributed by atoms with E-state index in [2.05, 4.69) is 10.3 Å². The lowest BCUT2D eigenvalue weighted by molar-refractivity contribution is 0.0532. The molecule has 0 spiro atoms. The number of hydrogen-bond acceptors (Lipinski definition) is 7. The average Bonchev–Trinajstić information content (AvgIpc) is 3.37. The number of amides is 1. The molecular weight excluding hydrogens is 522 g/mol. The predicted octanol–water partition coefficient (Wildman–Crippen LogP) is 4.99. The summed E-state index contributed by atoms with van der Waals surface area (Å²) in [6.45, 7) is 2.65. The third kappa shape index (κ3) is 5.24. The number of carbonyl (C=O) groups excluding carboxylic acids is 2. The highest BCUT2D eigenvalue weighted by Gasteiger charge is 2.28. The third-order valence-corrected chi connectivity index (χ3v) is 9.02. The van der Waals surface area contributed by atoms with Gasteiger partial charge in [0.25, 0.3) is 5.91 Å². The number of aromatic nitrogens is 1. The highest BCUT2D eigenvalue weighted by molar-refractivity contribution is 7.89. The van der Waals surface area contributed by atoms with Gasteiger partial charge in [0.05, 0.1) is 17.2 Å². The van der Waals surface area contributed by atoms with Gasteiger partial charge >= 0.3 is 5.97 Å². The van der Waals surface area contributed by atoms with Crippen LogP contribution in [-0.2, 0) is 27.7 Å². The Morgan fingerprint density at radius 2 is 1.66 bits per heavy atom. The molecule has 0 radical (unpaired) electrons. The molecule has 0 saturated carbocycles. The molecule has 0 atom stereocenters. The van der Waals surface area contributed by atoms with Gasteiger partial charge in [-0.05, 0) is 48.7 Å². The fourth-order valence-electron chi connectivity index (χ4n) is 4.27. The van der Waals surface area contributed by atoms with Gasteiger partial charge < -0.3 is 4.74 Å². The summed E-state index contributed by atoms with van der Waals surface area (Å²) in [4.78, 5) is 30.3. The standard InChI is InChI=1S/C28H25N3O5S2/c1-2-36-27(33)25-24(20-9-4-3-5-10-20)29-28(37-25)30-26(32)21-12-14-23(15-13-21)38(34,35)31-17-16-19-8-6-7-11-22(19)18-31/h3-15H,2,16-18H2,1H3,(H,29,30,32). The van der Waals surface area contributed by atoms with Crippen LogP contribution in [0.5, 0.6) is 0 Å². The number of thiazole rings is 1. The number of hydrogen-bond donors (Lipinski definition) is 1. The first-order chi connectivity index (χ1) is 18.4. The molecule has 0 unspecified atom stereocenters. The number of fused-ring (bicyclic) bond motifs is 1. The van der Waals surface area contributed by atoms with Crippen LogP contribution in [-0.4, -0.2) is 42.7 Å². The van der Waals surface area contributed by atoms with E-state index in [0.717, 1.165) is 28.0 Å². The van der Waals surface area contributed by atoms with E-state index < -0.39 is 21.9 Å². The van der Waals surface area contributed by atoms with Crippen molar-refractivity contribution in [1.29, 1.82) is 0 Å². The summed E-state index contributed by atoms with van der Waals surface area (Å²) in [6, 6.07) is 22.8. The summed E-state index contributed by atoms with van der Waals surface area (Å²) >= 11 is 1.03. The van der Waals surface area contributed by atoms with E-state index in [4.69, 9.17) is 4.74 Å². The molecular formula is C28H25N3O5S2. The lowest BCUT2D eigenvalue weighted by atomic mass is 10.0. The van der Waals surface area contributed by atoms with Gasteiger partial charge in [-0.3, -0.25) is 10.1 Å². The molecule has 2 heterocycles. The predicted molar refractivity (Wildman–Crippen MR) is 146 cm³/mol. The van der Waals surface area contributed by atoms with Gasteiger partial charge in [-0.2, -0.15) is 4.31 Å². The molecule has 4 aromatic rings. The maximum atomic E-state index is 13.2. The molecule has 0 saturated heterocycles. The van der Waals surface area contributed by atoms with Crippen LogP contribution in [0.3, 0.4) is 0 Å². The largest absolute Gasteiger partial charge is 0.462 e. The molecule has 0 bridgehead atoms. The minimum atomic E-state index is -3.71. The number of ether oxygens (including phenoxy) is 1. The fraction of sp³-hybridized carbons (Fsp3) is 0.179. The zero-order chi connectivity index (χ0) is 26.7. The molecule has 0 aliphatic carbocycles. The SMILES string of the molecule is CCOC(=O)c1sc(NC(=O)c2ccc(S(=O)(=O)N3CCc4ccccc4C3)cc2)nc1-c1ccccc1. The van der Waals surface area contributed by atoms with Crippen LogP contribution in [0.15, 0.2) is 83.8 Å². The van der Waals surface area contributed by atoms with E-state index in [1.807, 2.05) is 54.6 Å². The Bertz CT molecular complexity index is 1580. The fourth-order valence-corrected chi connectivity index (χ4v) is 6.57. The van der Waals surface area contributed by atoms with Crippen molar-refractivity contribution in [1.82, 2.24) is 9.29 Å². The van der Waals surface area contributed by atoms with Crippen molar-refractivity contribution in [2.24, 2.45) is 0 Å². The monoisotopic (exact) mass is 547 g/mol. The maximum absolute atomic E-state index is 13.2. The van der Waals surface area contributed by atoms with Crippen LogP contribution in [0, 0.1) is 0 Å². The number of nitrogens with one attached hydrogen (secondary N) is 1. The first-order valence-corrected chi connectivity index (χ1v) is 14.3. The number of rotatable bonds is 7. The van der Waals surface area contributed by atoms with E-state index in [0.29, 0.717) is 25.2 Å². The summed E-state index contributed by atoms with van der Waals surface area (Å²) in [5.41, 5.74) is 3.58. The van der Waals surface area contributed by atoms with Gasteiger partial charge in [-0.25, -0.2) is 18.2 Å². The molecule has 1 aliphatic rings. The number of nitrogens with zero attached hydrogens (tertiary/aromatic N) is 2. The average molecular weight is 548 g/mol. The topological polar surface area (TPSA) is 106 Å². The second-order valence-corrected chi connectivity index (χ2v) is 11.6. The minimum Gasteiger partial charge on any atom is -0.462 e. The van der Waals surface area contributed by atoms with Crippen LogP contribution in [0.25, 0.3) is 11.3 Å². The quantitative estimate of drug-likeness (QED) is 0.327. The van der Waals surface area contributed by atoms with E-state index >= 15 is 0 Å². The highest BCUT2D eigenvalue weighted by atomic mass is 32.2. The zero-order valence-electron chi connectivity index (χ0n) is 20.6. The molecule has 1 amide bonds. The van der Waals surface area contributed by atoms with Crippen LogP contribution < -0.4 is 5.32 Å². The Labute approximate surface area is 225 Å². The third-order valence-electron chi connectivity index (χ3n) is 6.21. The summed E-state index contributed by atoms with van der Waals surface area (Å²) in [5.74, 6) is -0.983.